The van der Waals surface area contributed by atoms with Crippen LogP contribution in [0.4, 0.5) is 0 Å². The molecule has 0 radical (unpaired) electrons. The molecule has 0 aliphatic rings. The second-order valence-electron chi connectivity index (χ2n) is 4.24. The molecule has 0 saturated carbocycles. The van der Waals surface area contributed by atoms with Gasteiger partial charge >= 0.3 is 0 Å². The molecular weight excluding hydrogens is 234 g/mol. The third-order valence-corrected chi connectivity index (χ3v) is 3.01. The lowest BCUT2D eigenvalue weighted by Crippen LogP contribution is -2.33. The molecule has 1 heterocycles. The lowest BCUT2D eigenvalue weighted by Gasteiger charge is -2.11. The van der Waals surface area contributed by atoms with Gasteiger partial charge in [-0.3, -0.25) is 9.59 Å². The smallest absolute Gasteiger partial charge is 0.244 e. The fraction of sp³-hybridized carbons (Fsp3) is 0.385. The van der Waals surface area contributed by atoms with Crippen LogP contribution < -0.4 is 5.32 Å². The van der Waals surface area contributed by atoms with Crippen LogP contribution in [-0.4, -0.2) is 17.7 Å². The van der Waals surface area contributed by atoms with Gasteiger partial charge in [-0.15, -0.1) is 11.3 Å². The Kier molecular flexibility index (Phi) is 5.10. The van der Waals surface area contributed by atoms with E-state index in [9.17, 15) is 9.59 Å². The summed E-state index contributed by atoms with van der Waals surface area (Å²) in [5.74, 6) is -0.0681. The molecule has 1 aromatic rings. The highest BCUT2D eigenvalue weighted by Crippen LogP contribution is 2.12. The van der Waals surface area contributed by atoms with E-state index >= 15 is 0 Å². The van der Waals surface area contributed by atoms with Gasteiger partial charge in [-0.1, -0.05) is 11.6 Å². The van der Waals surface area contributed by atoms with E-state index in [0.29, 0.717) is 6.42 Å². The Morgan fingerprint density at radius 1 is 1.47 bits per heavy atom. The molecular formula is C13H17NO2S. The van der Waals surface area contributed by atoms with Gasteiger partial charge in [-0.25, -0.2) is 0 Å². The highest BCUT2D eigenvalue weighted by molar-refractivity contribution is 7.12. The average molecular weight is 251 g/mol. The third kappa shape index (κ3) is 4.95. The number of thiophene rings is 1. The average Bonchev–Trinajstić information content (AvgIpc) is 2.67. The first-order valence-electron chi connectivity index (χ1n) is 5.51. The van der Waals surface area contributed by atoms with Crippen molar-refractivity contribution in [2.24, 2.45) is 0 Å². The van der Waals surface area contributed by atoms with E-state index in [1.165, 1.54) is 17.4 Å². The first-order chi connectivity index (χ1) is 7.99. The van der Waals surface area contributed by atoms with Gasteiger partial charge in [-0.05, 0) is 32.2 Å². The zero-order valence-corrected chi connectivity index (χ0v) is 11.1. The molecule has 1 N–H and O–H groups in total. The third-order valence-electron chi connectivity index (χ3n) is 2.10. The molecule has 0 spiro atoms. The summed E-state index contributed by atoms with van der Waals surface area (Å²) in [6.45, 7) is 5.56. The van der Waals surface area contributed by atoms with Crippen LogP contribution in [0.2, 0.25) is 0 Å². The molecule has 0 aliphatic heterocycles. The summed E-state index contributed by atoms with van der Waals surface area (Å²) in [5.41, 5.74) is 0.944. The fourth-order valence-corrected chi connectivity index (χ4v) is 2.09. The van der Waals surface area contributed by atoms with Crippen molar-refractivity contribution in [1.82, 2.24) is 5.32 Å². The van der Waals surface area contributed by atoms with Crippen molar-refractivity contribution in [3.8, 4) is 0 Å². The lowest BCUT2D eigenvalue weighted by molar-refractivity contribution is -0.117. The standard InChI is InChI=1S/C13H17NO2S/c1-9(2)7-13(16)14-10(3)8-11(15)12-5-4-6-17-12/h4-7,10H,8H2,1-3H3,(H,14,16)/t10-/m1/s1. The first kappa shape index (κ1) is 13.6. The zero-order valence-electron chi connectivity index (χ0n) is 10.3. The highest BCUT2D eigenvalue weighted by Gasteiger charge is 2.13. The Balaban J connectivity index is 2.45. The number of carbonyl (C=O) groups is 2. The molecule has 4 heteroatoms. The molecule has 0 saturated heterocycles. The van der Waals surface area contributed by atoms with E-state index < -0.39 is 0 Å². The van der Waals surface area contributed by atoms with Gasteiger partial charge in [0.2, 0.25) is 5.91 Å². The Morgan fingerprint density at radius 2 is 2.18 bits per heavy atom. The molecule has 1 rings (SSSR count). The summed E-state index contributed by atoms with van der Waals surface area (Å²) >= 11 is 1.43. The summed E-state index contributed by atoms with van der Waals surface area (Å²) in [4.78, 5) is 23.9. The number of hydrogen-bond acceptors (Lipinski definition) is 3. The molecule has 92 valence electrons. The van der Waals surface area contributed by atoms with Crippen molar-refractivity contribution >= 4 is 23.0 Å². The van der Waals surface area contributed by atoms with Gasteiger partial charge in [0.05, 0.1) is 4.88 Å². The van der Waals surface area contributed by atoms with Gasteiger partial charge in [0, 0.05) is 18.5 Å². The number of amides is 1. The van der Waals surface area contributed by atoms with Gasteiger partial charge in [0.1, 0.15) is 0 Å². The summed E-state index contributed by atoms with van der Waals surface area (Å²) in [6, 6.07) is 3.51. The molecule has 0 aliphatic carbocycles. The number of allylic oxidation sites excluding steroid dienone is 1. The predicted octanol–water partition coefficient (Wildman–Crippen LogP) is 2.79. The molecule has 1 atom stereocenters. The van der Waals surface area contributed by atoms with Crippen molar-refractivity contribution in [3.63, 3.8) is 0 Å². The Morgan fingerprint density at radius 3 is 2.71 bits per heavy atom. The predicted molar refractivity (Wildman–Crippen MR) is 70.3 cm³/mol. The maximum absolute atomic E-state index is 11.8. The van der Waals surface area contributed by atoms with Crippen molar-refractivity contribution in [2.75, 3.05) is 0 Å². The number of ketones is 1. The lowest BCUT2D eigenvalue weighted by atomic mass is 10.1. The van der Waals surface area contributed by atoms with E-state index in [1.807, 2.05) is 32.2 Å². The van der Waals surface area contributed by atoms with Crippen LogP contribution in [0.1, 0.15) is 36.9 Å². The Bertz CT molecular complexity index is 417. The summed E-state index contributed by atoms with van der Waals surface area (Å²) < 4.78 is 0. The van der Waals surface area contributed by atoms with E-state index in [4.69, 9.17) is 0 Å². The van der Waals surface area contributed by atoms with E-state index in [-0.39, 0.29) is 17.7 Å². The monoisotopic (exact) mass is 251 g/mol. The van der Waals surface area contributed by atoms with E-state index in [2.05, 4.69) is 5.32 Å². The van der Waals surface area contributed by atoms with Crippen molar-refractivity contribution < 1.29 is 9.59 Å². The van der Waals surface area contributed by atoms with Gasteiger partial charge in [0.15, 0.2) is 5.78 Å². The number of carbonyl (C=O) groups excluding carboxylic acids is 2. The van der Waals surface area contributed by atoms with Crippen LogP contribution in [0.15, 0.2) is 29.2 Å². The number of rotatable bonds is 5. The summed E-state index contributed by atoms with van der Waals surface area (Å²) in [6.07, 6.45) is 1.87. The number of nitrogens with one attached hydrogen (secondary N) is 1. The minimum absolute atomic E-state index is 0.0741. The quantitative estimate of drug-likeness (QED) is 0.646. The molecule has 0 aromatic carbocycles. The second kappa shape index (κ2) is 6.35. The first-order valence-corrected chi connectivity index (χ1v) is 6.39. The topological polar surface area (TPSA) is 46.2 Å². The second-order valence-corrected chi connectivity index (χ2v) is 5.18. The van der Waals surface area contributed by atoms with Gasteiger partial charge in [0.25, 0.3) is 0 Å². The number of hydrogen-bond donors (Lipinski definition) is 1. The Hall–Kier alpha value is -1.42. The maximum Gasteiger partial charge on any atom is 0.244 e. The molecule has 1 amide bonds. The van der Waals surface area contributed by atoms with Crippen LogP contribution in [0, 0.1) is 0 Å². The van der Waals surface area contributed by atoms with E-state index in [0.717, 1.165) is 10.5 Å². The van der Waals surface area contributed by atoms with Crippen molar-refractivity contribution in [2.45, 2.75) is 33.2 Å². The number of Topliss-reactive ketones (excluding diaryl/α,β-unsaturated/α-hetero) is 1. The molecule has 17 heavy (non-hydrogen) atoms. The molecule has 0 fully saturated rings. The van der Waals surface area contributed by atoms with Crippen LogP contribution in [0.25, 0.3) is 0 Å². The van der Waals surface area contributed by atoms with Gasteiger partial charge < -0.3 is 5.32 Å². The molecule has 3 nitrogen and oxygen atoms in total. The van der Waals surface area contributed by atoms with Crippen molar-refractivity contribution in [3.05, 3.63) is 34.0 Å². The van der Waals surface area contributed by atoms with Gasteiger partial charge in [-0.2, -0.15) is 0 Å². The maximum atomic E-state index is 11.8. The normalized spacial score (nSPS) is 11.7. The van der Waals surface area contributed by atoms with Crippen LogP contribution in [-0.2, 0) is 4.79 Å². The van der Waals surface area contributed by atoms with Crippen molar-refractivity contribution in [1.29, 1.82) is 0 Å². The van der Waals surface area contributed by atoms with Crippen LogP contribution in [0.3, 0.4) is 0 Å². The Labute approximate surface area is 106 Å². The highest BCUT2D eigenvalue weighted by atomic mass is 32.1. The zero-order chi connectivity index (χ0) is 12.8. The SMILES string of the molecule is CC(C)=CC(=O)N[C@H](C)CC(=O)c1cccs1. The molecule has 0 bridgehead atoms. The minimum Gasteiger partial charge on any atom is -0.350 e. The van der Waals surface area contributed by atoms with Crippen LogP contribution in [0.5, 0.6) is 0 Å². The molecule has 1 aromatic heterocycles. The summed E-state index contributed by atoms with van der Waals surface area (Å²) in [5, 5.41) is 4.65. The minimum atomic E-state index is -0.146. The summed E-state index contributed by atoms with van der Waals surface area (Å²) in [7, 11) is 0. The fourth-order valence-electron chi connectivity index (χ4n) is 1.41. The molecule has 0 unspecified atom stereocenters. The largest absolute Gasteiger partial charge is 0.350 e. The van der Waals surface area contributed by atoms with Crippen LogP contribution >= 0.6 is 11.3 Å². The van der Waals surface area contributed by atoms with E-state index in [1.54, 1.807) is 6.07 Å².